The highest BCUT2D eigenvalue weighted by atomic mass is 32.2. The number of carbonyl (C=O) groups excluding carboxylic acids is 2. The SMILES string of the molecule is CS(=O)(=O)c1ccc(C(=O)O[C@H](C(=O)Nc2ccc(F)cc2)c2ccccc2)cc1. The molecule has 0 bridgehead atoms. The summed E-state index contributed by atoms with van der Waals surface area (Å²) < 4.78 is 41.7. The highest BCUT2D eigenvalue weighted by Gasteiger charge is 2.26. The molecule has 0 aliphatic heterocycles. The van der Waals surface area contributed by atoms with Crippen LogP contribution in [-0.4, -0.2) is 26.6 Å². The van der Waals surface area contributed by atoms with Crippen LogP contribution in [0.15, 0.2) is 83.8 Å². The lowest BCUT2D eigenvalue weighted by atomic mass is 10.1. The summed E-state index contributed by atoms with van der Waals surface area (Å²) in [6.45, 7) is 0. The molecule has 0 heterocycles. The van der Waals surface area contributed by atoms with Gasteiger partial charge in [0.15, 0.2) is 9.84 Å². The average Bonchev–Trinajstić information content (AvgIpc) is 2.73. The Morgan fingerprint density at radius 1 is 0.900 bits per heavy atom. The van der Waals surface area contributed by atoms with Crippen LogP contribution in [0.1, 0.15) is 22.0 Å². The molecule has 3 rings (SSSR count). The fourth-order valence-corrected chi connectivity index (χ4v) is 3.29. The average molecular weight is 427 g/mol. The van der Waals surface area contributed by atoms with E-state index in [0.717, 1.165) is 6.26 Å². The van der Waals surface area contributed by atoms with Crippen LogP contribution < -0.4 is 5.32 Å². The van der Waals surface area contributed by atoms with Gasteiger partial charge in [-0.3, -0.25) is 4.79 Å². The Morgan fingerprint density at radius 3 is 2.07 bits per heavy atom. The number of halogens is 1. The first kappa shape index (κ1) is 21.2. The number of sulfone groups is 1. The summed E-state index contributed by atoms with van der Waals surface area (Å²) in [5.41, 5.74) is 0.881. The lowest BCUT2D eigenvalue weighted by Gasteiger charge is -2.18. The van der Waals surface area contributed by atoms with E-state index in [-0.39, 0.29) is 10.5 Å². The van der Waals surface area contributed by atoms with Gasteiger partial charge in [-0.25, -0.2) is 17.6 Å². The van der Waals surface area contributed by atoms with Gasteiger partial charge in [0.2, 0.25) is 6.10 Å². The zero-order valence-corrected chi connectivity index (χ0v) is 16.7. The Labute approximate surface area is 173 Å². The molecule has 0 unspecified atom stereocenters. The van der Waals surface area contributed by atoms with Crippen LogP contribution in [0.4, 0.5) is 10.1 Å². The fourth-order valence-electron chi connectivity index (χ4n) is 2.66. The minimum atomic E-state index is -3.41. The molecule has 1 atom stereocenters. The molecule has 3 aromatic rings. The summed E-state index contributed by atoms with van der Waals surface area (Å²) in [4.78, 5) is 25.4. The fraction of sp³-hybridized carbons (Fsp3) is 0.0909. The quantitative estimate of drug-likeness (QED) is 0.605. The first-order valence-electron chi connectivity index (χ1n) is 8.86. The molecule has 0 saturated heterocycles. The molecule has 0 aliphatic rings. The second kappa shape index (κ2) is 8.87. The van der Waals surface area contributed by atoms with Gasteiger partial charge in [-0.2, -0.15) is 0 Å². The predicted octanol–water partition coefficient (Wildman–Crippen LogP) is 3.77. The van der Waals surface area contributed by atoms with Crippen molar-refractivity contribution in [3.05, 3.63) is 95.8 Å². The highest BCUT2D eigenvalue weighted by molar-refractivity contribution is 7.90. The van der Waals surface area contributed by atoms with E-state index in [0.29, 0.717) is 11.3 Å². The van der Waals surface area contributed by atoms with E-state index < -0.39 is 33.6 Å². The van der Waals surface area contributed by atoms with E-state index in [1.807, 2.05) is 0 Å². The van der Waals surface area contributed by atoms with Crippen LogP contribution in [0.3, 0.4) is 0 Å². The third-order valence-electron chi connectivity index (χ3n) is 4.20. The number of ether oxygens (including phenoxy) is 1. The van der Waals surface area contributed by atoms with Crippen LogP contribution in [-0.2, 0) is 19.4 Å². The summed E-state index contributed by atoms with van der Waals surface area (Å²) in [6, 6.07) is 18.8. The largest absolute Gasteiger partial charge is 0.444 e. The number of carbonyl (C=O) groups is 2. The minimum absolute atomic E-state index is 0.0627. The van der Waals surface area contributed by atoms with Crippen LogP contribution in [0.2, 0.25) is 0 Å². The zero-order valence-electron chi connectivity index (χ0n) is 15.9. The van der Waals surface area contributed by atoms with E-state index in [2.05, 4.69) is 5.32 Å². The van der Waals surface area contributed by atoms with E-state index in [4.69, 9.17) is 4.74 Å². The number of anilines is 1. The van der Waals surface area contributed by atoms with Crippen molar-refractivity contribution in [1.29, 1.82) is 0 Å². The second-order valence-electron chi connectivity index (χ2n) is 6.49. The third-order valence-corrected chi connectivity index (χ3v) is 5.32. The van der Waals surface area contributed by atoms with E-state index >= 15 is 0 Å². The standard InChI is InChI=1S/C22H18FNO5S/c1-30(27,28)19-13-7-16(8-14-19)22(26)29-20(15-5-3-2-4-6-15)21(25)24-18-11-9-17(23)10-12-18/h2-14,20H,1H3,(H,24,25)/t20-/m0/s1. The molecule has 1 amide bonds. The van der Waals surface area contributed by atoms with Crippen molar-refractivity contribution < 1.29 is 27.1 Å². The lowest BCUT2D eigenvalue weighted by molar-refractivity contribution is -0.125. The van der Waals surface area contributed by atoms with Gasteiger partial charge in [-0.15, -0.1) is 0 Å². The molecule has 6 nitrogen and oxygen atoms in total. The van der Waals surface area contributed by atoms with Crippen LogP contribution in [0, 0.1) is 5.82 Å². The Morgan fingerprint density at radius 2 is 1.50 bits per heavy atom. The maximum absolute atomic E-state index is 13.1. The smallest absolute Gasteiger partial charge is 0.339 e. The van der Waals surface area contributed by atoms with Gasteiger partial charge in [-0.05, 0) is 48.5 Å². The van der Waals surface area contributed by atoms with E-state index in [1.54, 1.807) is 30.3 Å². The molecule has 8 heteroatoms. The van der Waals surface area contributed by atoms with Crippen LogP contribution in [0.25, 0.3) is 0 Å². The summed E-state index contributed by atoms with van der Waals surface area (Å²) in [6.07, 6.45) is -0.204. The molecule has 0 spiro atoms. The molecule has 30 heavy (non-hydrogen) atoms. The Bertz CT molecular complexity index is 1140. The van der Waals surface area contributed by atoms with Gasteiger partial charge >= 0.3 is 5.97 Å². The van der Waals surface area contributed by atoms with Gasteiger partial charge < -0.3 is 10.1 Å². The maximum atomic E-state index is 13.1. The van der Waals surface area contributed by atoms with Gasteiger partial charge in [0.05, 0.1) is 10.5 Å². The van der Waals surface area contributed by atoms with Gasteiger partial charge in [0.25, 0.3) is 5.91 Å². The van der Waals surface area contributed by atoms with Gasteiger partial charge in [-0.1, -0.05) is 30.3 Å². The first-order chi connectivity index (χ1) is 14.2. The Kier molecular flexibility index (Phi) is 6.27. The first-order valence-corrected chi connectivity index (χ1v) is 10.8. The normalized spacial score (nSPS) is 12.1. The number of hydrogen-bond donors (Lipinski definition) is 1. The molecule has 154 valence electrons. The van der Waals surface area contributed by atoms with Crippen molar-refractivity contribution in [1.82, 2.24) is 0 Å². The highest BCUT2D eigenvalue weighted by Crippen LogP contribution is 2.22. The maximum Gasteiger partial charge on any atom is 0.339 e. The lowest BCUT2D eigenvalue weighted by Crippen LogP contribution is -2.26. The van der Waals surface area contributed by atoms with Gasteiger partial charge in [0, 0.05) is 17.5 Å². The minimum Gasteiger partial charge on any atom is -0.444 e. The predicted molar refractivity (Wildman–Crippen MR) is 109 cm³/mol. The number of rotatable bonds is 6. The second-order valence-corrected chi connectivity index (χ2v) is 8.50. The summed E-state index contributed by atoms with van der Waals surface area (Å²) >= 11 is 0. The van der Waals surface area contributed by atoms with Crippen molar-refractivity contribution in [3.8, 4) is 0 Å². The summed E-state index contributed by atoms with van der Waals surface area (Å²) in [7, 11) is -3.41. The van der Waals surface area contributed by atoms with Crippen LogP contribution in [0.5, 0.6) is 0 Å². The molecular formula is C22H18FNO5S. The molecule has 0 fully saturated rings. The number of hydrogen-bond acceptors (Lipinski definition) is 5. The molecule has 0 aliphatic carbocycles. The monoisotopic (exact) mass is 427 g/mol. The molecule has 3 aromatic carbocycles. The van der Waals surface area contributed by atoms with E-state index in [1.165, 1.54) is 48.5 Å². The third kappa shape index (κ3) is 5.30. The molecule has 1 N–H and O–H groups in total. The van der Waals surface area contributed by atoms with Gasteiger partial charge in [0.1, 0.15) is 5.82 Å². The van der Waals surface area contributed by atoms with E-state index in [9.17, 15) is 22.4 Å². The number of nitrogens with one attached hydrogen (secondary N) is 1. The summed E-state index contributed by atoms with van der Waals surface area (Å²) in [5, 5.41) is 2.59. The van der Waals surface area contributed by atoms with Crippen molar-refractivity contribution >= 4 is 27.4 Å². The van der Waals surface area contributed by atoms with Crippen molar-refractivity contribution in [2.24, 2.45) is 0 Å². The summed E-state index contributed by atoms with van der Waals surface area (Å²) in [5.74, 6) is -1.86. The Hall–Kier alpha value is -3.52. The zero-order chi connectivity index (χ0) is 21.7. The number of benzene rings is 3. The van der Waals surface area contributed by atoms with Crippen molar-refractivity contribution in [2.45, 2.75) is 11.0 Å². The number of amides is 1. The Balaban J connectivity index is 1.83. The van der Waals surface area contributed by atoms with Crippen molar-refractivity contribution in [3.63, 3.8) is 0 Å². The van der Waals surface area contributed by atoms with Crippen LogP contribution >= 0.6 is 0 Å². The topological polar surface area (TPSA) is 89.5 Å². The molecule has 0 saturated carbocycles. The molecule has 0 aromatic heterocycles. The molecular weight excluding hydrogens is 409 g/mol. The van der Waals surface area contributed by atoms with Crippen molar-refractivity contribution in [2.75, 3.05) is 11.6 Å². The number of esters is 1. The molecule has 0 radical (unpaired) electrons.